The van der Waals surface area contributed by atoms with Crippen LogP contribution in [0.15, 0.2) is 48.5 Å². The molecule has 3 aromatic rings. The second-order valence-electron chi connectivity index (χ2n) is 7.87. The van der Waals surface area contributed by atoms with Crippen molar-refractivity contribution in [1.82, 2.24) is 0 Å². The summed E-state index contributed by atoms with van der Waals surface area (Å²) in [7, 11) is 3.74. The third-order valence-electron chi connectivity index (χ3n) is 5.67. The fourth-order valence-electron chi connectivity index (χ4n) is 3.90. The molecule has 1 amide bonds. The topological polar surface area (TPSA) is 134 Å². The molecule has 0 heterocycles. The van der Waals surface area contributed by atoms with Gasteiger partial charge in [-0.25, -0.2) is 9.59 Å². The van der Waals surface area contributed by atoms with Gasteiger partial charge in [0.05, 0.1) is 31.3 Å². The van der Waals surface area contributed by atoms with E-state index in [1.165, 1.54) is 34.3 Å². The maximum Gasteiger partial charge on any atom is 0.338 e. The largest absolute Gasteiger partial charge is 0.680 e. The molecule has 0 unspecified atom stereocenters. The summed E-state index contributed by atoms with van der Waals surface area (Å²) in [6.07, 6.45) is 0. The zero-order chi connectivity index (χ0) is 27.2. The molecule has 8 nitrogen and oxygen atoms in total. The number of aryl methyl sites for hydroxylation is 2. The van der Waals surface area contributed by atoms with Crippen LogP contribution in [0.3, 0.4) is 0 Å². The third-order valence-corrected chi connectivity index (χ3v) is 5.67. The molecule has 0 saturated carbocycles. The van der Waals surface area contributed by atoms with Crippen LogP contribution in [0, 0.1) is 13.8 Å². The van der Waals surface area contributed by atoms with Gasteiger partial charge in [0, 0.05) is 43.8 Å². The average Bonchev–Trinajstić information content (AvgIpc) is 2.88. The Kier molecular flexibility index (Phi) is 12.0. The van der Waals surface area contributed by atoms with Crippen LogP contribution in [0.5, 0.6) is 0 Å². The van der Waals surface area contributed by atoms with E-state index in [0.717, 1.165) is 33.4 Å². The Balaban J connectivity index is 0.00000223. The summed E-state index contributed by atoms with van der Waals surface area (Å²) in [5, 5.41) is 0. The molecule has 1 radical (unpaired) electrons. The summed E-state index contributed by atoms with van der Waals surface area (Å²) in [5.41, 5.74) is 18.4. The van der Waals surface area contributed by atoms with Gasteiger partial charge in [-0.3, -0.25) is 4.79 Å². The van der Waals surface area contributed by atoms with Crippen LogP contribution in [0.4, 0.5) is 0 Å². The quantitative estimate of drug-likeness (QED) is 0.250. The van der Waals surface area contributed by atoms with Crippen LogP contribution in [0.25, 0.3) is 33.7 Å². The number of hydrogen-bond acceptors (Lipinski definition) is 6. The molecule has 0 fully saturated rings. The van der Waals surface area contributed by atoms with Crippen LogP contribution < -0.4 is 0 Å². The van der Waals surface area contributed by atoms with E-state index < -0.39 is 17.8 Å². The Bertz CT molecular complexity index is 1230. The normalized spacial score (nSPS) is 9.81. The van der Waals surface area contributed by atoms with Gasteiger partial charge in [0.25, 0.3) is 0 Å². The van der Waals surface area contributed by atoms with Gasteiger partial charge < -0.3 is 25.7 Å². The summed E-state index contributed by atoms with van der Waals surface area (Å²) in [5.74, 6) is -2.46. The standard InChI is InChI=1S/C27H25NO6.CH4N.Y/c1-14-10-21(16(3)29)23(26(31)33-4)12-19(14)17-6-8-18(9-7-17)20-13-24(27(32)34-5)22(25(28)30)11-15(20)2;1-2;/h6-13H,1-5H3,(H2,28,30);2H,1H3;/q;-1;/p-1. The first-order chi connectivity index (χ1) is 17.1. The van der Waals surface area contributed by atoms with Gasteiger partial charge in [-0.15, -0.1) is 0 Å². The minimum atomic E-state index is -0.962. The van der Waals surface area contributed by atoms with Crippen molar-refractivity contribution < 1.29 is 61.4 Å². The van der Waals surface area contributed by atoms with Crippen LogP contribution in [0.1, 0.15) is 59.5 Å². The number of benzene rings is 3. The zero-order valence-corrected chi connectivity index (χ0v) is 24.5. The summed E-state index contributed by atoms with van der Waals surface area (Å²) >= 11 is 0. The molecule has 0 bridgehead atoms. The number of methoxy groups -OCH3 is 2. The van der Waals surface area contributed by atoms with E-state index in [4.69, 9.17) is 20.9 Å². The van der Waals surface area contributed by atoms with Gasteiger partial charge in [-0.05, 0) is 78.4 Å². The molecular formula is C28H28N2O6Y-2. The molecule has 0 atom stereocenters. The molecule has 0 aliphatic rings. The fourth-order valence-corrected chi connectivity index (χ4v) is 3.90. The van der Waals surface area contributed by atoms with Gasteiger partial charge in [0.2, 0.25) is 0 Å². The van der Waals surface area contributed by atoms with Crippen LogP contribution in [-0.4, -0.2) is 44.9 Å². The Morgan fingerprint density at radius 3 is 1.32 bits per heavy atom. The number of esters is 2. The second-order valence-corrected chi connectivity index (χ2v) is 7.87. The smallest absolute Gasteiger partial charge is 0.338 e. The van der Waals surface area contributed by atoms with Gasteiger partial charge in [-0.1, -0.05) is 24.3 Å². The van der Waals surface area contributed by atoms with E-state index in [9.17, 15) is 19.2 Å². The Morgan fingerprint density at radius 2 is 1.00 bits per heavy atom. The van der Waals surface area contributed by atoms with Crippen molar-refractivity contribution in [3.8, 4) is 22.3 Å². The van der Waals surface area contributed by atoms with Crippen molar-refractivity contribution in [1.29, 1.82) is 0 Å². The van der Waals surface area contributed by atoms with Crippen LogP contribution >= 0.6 is 0 Å². The first-order valence-corrected chi connectivity index (χ1v) is 10.9. The van der Waals surface area contributed by atoms with E-state index in [1.807, 2.05) is 31.2 Å². The molecular weight excluding hydrogens is 549 g/mol. The zero-order valence-electron chi connectivity index (χ0n) is 21.6. The van der Waals surface area contributed by atoms with E-state index in [2.05, 4.69) is 0 Å². The van der Waals surface area contributed by atoms with E-state index in [-0.39, 0.29) is 55.2 Å². The summed E-state index contributed by atoms with van der Waals surface area (Å²) in [4.78, 5) is 48.1. The number of rotatable bonds is 6. The fraction of sp³-hybridized carbons (Fsp3) is 0.214. The molecule has 0 saturated heterocycles. The van der Waals surface area contributed by atoms with Crippen molar-refractivity contribution in [3.63, 3.8) is 0 Å². The molecule has 37 heavy (non-hydrogen) atoms. The van der Waals surface area contributed by atoms with E-state index in [0.29, 0.717) is 5.56 Å². The molecule has 0 aromatic heterocycles. The molecule has 2 N–H and O–H groups in total. The van der Waals surface area contributed by atoms with Crippen molar-refractivity contribution in [2.75, 3.05) is 21.3 Å². The molecule has 191 valence electrons. The van der Waals surface area contributed by atoms with Gasteiger partial charge in [0.1, 0.15) is 0 Å². The first kappa shape index (κ1) is 31.8. The van der Waals surface area contributed by atoms with Gasteiger partial charge in [-0.2, -0.15) is 7.05 Å². The predicted molar refractivity (Wildman–Crippen MR) is 138 cm³/mol. The molecule has 9 heteroatoms. The maximum absolute atomic E-state index is 12.2. The van der Waals surface area contributed by atoms with E-state index in [1.54, 1.807) is 25.1 Å². The van der Waals surface area contributed by atoms with Crippen LogP contribution in [0.2, 0.25) is 0 Å². The monoisotopic (exact) mass is 577 g/mol. The summed E-state index contributed by atoms with van der Waals surface area (Å²) in [6, 6.07) is 13.9. The average molecular weight is 577 g/mol. The third kappa shape index (κ3) is 6.97. The van der Waals surface area contributed by atoms with Gasteiger partial charge >= 0.3 is 11.9 Å². The van der Waals surface area contributed by atoms with Gasteiger partial charge in [0.15, 0.2) is 5.78 Å². The molecule has 0 aliphatic heterocycles. The minimum Gasteiger partial charge on any atom is -0.680 e. The number of Topliss-reactive ketones (excluding diaryl/α,β-unsaturated/α-hetero) is 1. The van der Waals surface area contributed by atoms with Crippen molar-refractivity contribution in [3.05, 3.63) is 93.4 Å². The van der Waals surface area contributed by atoms with Crippen LogP contribution in [-0.2, 0) is 42.2 Å². The minimum absolute atomic E-state index is 0. The Hall–Kier alpha value is -3.20. The van der Waals surface area contributed by atoms with Crippen molar-refractivity contribution >= 4 is 23.6 Å². The summed E-state index contributed by atoms with van der Waals surface area (Å²) < 4.78 is 9.63. The number of ketones is 1. The Morgan fingerprint density at radius 1 is 0.649 bits per heavy atom. The molecule has 0 aliphatic carbocycles. The molecule has 3 aromatic carbocycles. The number of amides is 1. The molecule has 3 rings (SSSR count). The molecule has 0 spiro atoms. The number of hydrogen-bond donors (Lipinski definition) is 0. The maximum atomic E-state index is 12.2. The Labute approximate surface area is 241 Å². The number of nitrogens with one attached hydrogen (secondary N) is 2. The number of carbonyl (C=O) groups excluding carboxylic acids is 4. The number of ether oxygens (including phenoxy) is 2. The summed E-state index contributed by atoms with van der Waals surface area (Å²) in [6.45, 7) is 5.06. The predicted octanol–water partition coefficient (Wildman–Crippen LogP) is 6.27. The van der Waals surface area contributed by atoms with Crippen molar-refractivity contribution in [2.45, 2.75) is 20.8 Å². The number of carbonyl (C=O) groups is 4. The first-order valence-electron chi connectivity index (χ1n) is 10.9. The van der Waals surface area contributed by atoms with E-state index >= 15 is 0 Å². The van der Waals surface area contributed by atoms with Crippen molar-refractivity contribution in [2.24, 2.45) is 0 Å². The second kappa shape index (κ2) is 13.9. The SMILES string of the molecule is COC(=O)c1cc(-c2ccc(-c3cc(C(=O)OC)c(C([NH-])=O)cc3C)cc2)c(C)cc1C(C)=O.C[NH-].[Y].